The van der Waals surface area contributed by atoms with E-state index in [9.17, 15) is 29.4 Å². The highest BCUT2D eigenvalue weighted by Gasteiger charge is 2.79. The highest BCUT2D eigenvalue weighted by Crippen LogP contribution is 2.72. The molecule has 0 amide bonds. The summed E-state index contributed by atoms with van der Waals surface area (Å²) in [6.07, 6.45) is -4.39. The Morgan fingerprint density at radius 2 is 1.51 bits per heavy atom. The van der Waals surface area contributed by atoms with Crippen LogP contribution in [0.2, 0.25) is 0 Å². The summed E-state index contributed by atoms with van der Waals surface area (Å²) in [5.41, 5.74) is -2.85. The number of hydrogen-bond acceptors (Lipinski definition) is 9. The highest BCUT2D eigenvalue weighted by atomic mass is 16.6. The lowest BCUT2D eigenvalue weighted by Gasteiger charge is -2.67. The molecule has 9 heteroatoms. The van der Waals surface area contributed by atoms with Crippen LogP contribution in [0.4, 0.5) is 0 Å². The third-order valence-electron chi connectivity index (χ3n) is 9.42. The molecular weight excluding hydrogens is 456 g/mol. The molecule has 4 aliphatic carbocycles. The topological polar surface area (TPSA) is 136 Å². The number of aliphatic hydroxyl groups is 2. The molecule has 4 saturated carbocycles. The average molecular weight is 493 g/mol. The normalized spacial score (nSPS) is 45.7. The van der Waals surface area contributed by atoms with Crippen molar-refractivity contribution < 1.29 is 43.6 Å². The summed E-state index contributed by atoms with van der Waals surface area (Å²) in [4.78, 5) is 50.6. The summed E-state index contributed by atoms with van der Waals surface area (Å²) >= 11 is 0. The van der Waals surface area contributed by atoms with Crippen LogP contribution in [0.5, 0.6) is 0 Å². The van der Waals surface area contributed by atoms with Gasteiger partial charge in [-0.15, -0.1) is 0 Å². The van der Waals surface area contributed by atoms with Crippen molar-refractivity contribution in [3.8, 4) is 0 Å². The van der Waals surface area contributed by atoms with Gasteiger partial charge in [-0.3, -0.25) is 19.2 Å². The lowest BCUT2D eigenvalue weighted by Crippen LogP contribution is -2.76. The maximum absolute atomic E-state index is 14.1. The molecule has 0 unspecified atom stereocenters. The maximum Gasteiger partial charge on any atom is 0.303 e. The van der Waals surface area contributed by atoms with E-state index < -0.39 is 82.3 Å². The number of fused-ring (bicyclic) bond motifs is 3. The molecule has 35 heavy (non-hydrogen) atoms. The predicted molar refractivity (Wildman–Crippen MR) is 121 cm³/mol. The zero-order chi connectivity index (χ0) is 26.2. The number of carbonyl (C=O) groups is 4. The molecule has 4 aliphatic rings. The van der Waals surface area contributed by atoms with Crippen LogP contribution in [0.1, 0.15) is 60.8 Å². The molecule has 4 rings (SSSR count). The average Bonchev–Trinajstić information content (AvgIpc) is 2.91. The van der Waals surface area contributed by atoms with Gasteiger partial charge in [0.1, 0.15) is 24.4 Å². The lowest BCUT2D eigenvalue weighted by atomic mass is 9.38. The van der Waals surface area contributed by atoms with Crippen LogP contribution in [0.15, 0.2) is 12.2 Å². The number of rotatable bonds is 3. The highest BCUT2D eigenvalue weighted by molar-refractivity contribution is 5.90. The van der Waals surface area contributed by atoms with Gasteiger partial charge in [0.15, 0.2) is 5.78 Å². The molecular formula is C26H36O9. The Balaban J connectivity index is 2.01. The quantitative estimate of drug-likeness (QED) is 0.343. The molecule has 0 aromatic heterocycles. The maximum atomic E-state index is 14.1. The Bertz CT molecular complexity index is 985. The van der Waals surface area contributed by atoms with Gasteiger partial charge in [-0.25, -0.2) is 0 Å². The van der Waals surface area contributed by atoms with Crippen LogP contribution < -0.4 is 0 Å². The summed E-state index contributed by atoms with van der Waals surface area (Å²) in [6.45, 7) is 13.3. The van der Waals surface area contributed by atoms with Crippen molar-refractivity contribution in [3.05, 3.63) is 12.2 Å². The Morgan fingerprint density at radius 1 is 0.943 bits per heavy atom. The largest absolute Gasteiger partial charge is 0.462 e. The molecule has 0 aromatic rings. The van der Waals surface area contributed by atoms with Crippen LogP contribution in [0.25, 0.3) is 0 Å². The Kier molecular flexibility index (Phi) is 6.00. The second-order valence-electron chi connectivity index (χ2n) is 11.7. The molecule has 10 atom stereocenters. The minimum Gasteiger partial charge on any atom is -0.462 e. The van der Waals surface area contributed by atoms with Gasteiger partial charge in [0.05, 0.1) is 11.5 Å². The first-order valence-electron chi connectivity index (χ1n) is 12.2. The third-order valence-corrected chi connectivity index (χ3v) is 9.42. The third kappa shape index (κ3) is 3.41. The summed E-state index contributed by atoms with van der Waals surface area (Å²) in [6, 6.07) is 0. The van der Waals surface area contributed by atoms with Gasteiger partial charge < -0.3 is 24.4 Å². The van der Waals surface area contributed by atoms with E-state index in [1.165, 1.54) is 20.8 Å². The molecule has 0 aliphatic heterocycles. The molecule has 0 heterocycles. The van der Waals surface area contributed by atoms with Crippen LogP contribution in [0, 0.1) is 34.0 Å². The van der Waals surface area contributed by atoms with Crippen molar-refractivity contribution in [1.29, 1.82) is 0 Å². The summed E-state index contributed by atoms with van der Waals surface area (Å²) in [5.74, 6) is -4.05. The van der Waals surface area contributed by atoms with Crippen molar-refractivity contribution in [2.24, 2.45) is 34.0 Å². The minimum atomic E-state index is -1.56. The van der Waals surface area contributed by atoms with Crippen LogP contribution in [-0.2, 0) is 33.4 Å². The molecule has 2 N–H and O–H groups in total. The fourth-order valence-electron chi connectivity index (χ4n) is 8.39. The molecule has 0 radical (unpaired) electrons. The predicted octanol–water partition coefficient (Wildman–Crippen LogP) is 1.72. The van der Waals surface area contributed by atoms with Crippen molar-refractivity contribution in [1.82, 2.24) is 0 Å². The van der Waals surface area contributed by atoms with Gasteiger partial charge in [-0.2, -0.15) is 0 Å². The smallest absolute Gasteiger partial charge is 0.303 e. The first-order chi connectivity index (χ1) is 16.1. The zero-order valence-corrected chi connectivity index (χ0v) is 21.2. The first-order valence-corrected chi connectivity index (χ1v) is 12.2. The van der Waals surface area contributed by atoms with E-state index in [2.05, 4.69) is 6.58 Å². The van der Waals surface area contributed by atoms with E-state index >= 15 is 0 Å². The van der Waals surface area contributed by atoms with Gasteiger partial charge in [0.25, 0.3) is 0 Å². The monoisotopic (exact) mass is 492 g/mol. The number of ketones is 1. The number of aliphatic hydroxyl groups excluding tert-OH is 2. The van der Waals surface area contributed by atoms with E-state index in [0.717, 1.165) is 0 Å². The molecule has 9 nitrogen and oxygen atoms in total. The van der Waals surface area contributed by atoms with Crippen LogP contribution >= 0.6 is 0 Å². The number of hydrogen-bond donors (Lipinski definition) is 2. The van der Waals surface area contributed by atoms with E-state index in [1.807, 2.05) is 6.92 Å². The van der Waals surface area contributed by atoms with E-state index in [0.29, 0.717) is 18.4 Å². The van der Waals surface area contributed by atoms with E-state index in [-0.39, 0.29) is 12.3 Å². The molecule has 4 fully saturated rings. The Hall–Kier alpha value is -2.26. The van der Waals surface area contributed by atoms with Gasteiger partial charge in [-0.05, 0) is 24.3 Å². The zero-order valence-electron chi connectivity index (χ0n) is 21.2. The van der Waals surface area contributed by atoms with Gasteiger partial charge in [0.2, 0.25) is 0 Å². The van der Waals surface area contributed by atoms with E-state index in [4.69, 9.17) is 14.2 Å². The van der Waals surface area contributed by atoms with Gasteiger partial charge in [-0.1, -0.05) is 27.4 Å². The van der Waals surface area contributed by atoms with Crippen LogP contribution in [-0.4, -0.2) is 64.4 Å². The second-order valence-corrected chi connectivity index (χ2v) is 11.7. The molecule has 194 valence electrons. The summed E-state index contributed by atoms with van der Waals surface area (Å²) in [5, 5.41) is 22.8. The van der Waals surface area contributed by atoms with Gasteiger partial charge >= 0.3 is 17.9 Å². The first kappa shape index (κ1) is 25.8. The van der Waals surface area contributed by atoms with E-state index in [1.54, 1.807) is 13.8 Å². The Morgan fingerprint density at radius 3 is 2.06 bits per heavy atom. The summed E-state index contributed by atoms with van der Waals surface area (Å²) < 4.78 is 17.3. The van der Waals surface area contributed by atoms with Gasteiger partial charge in [0, 0.05) is 49.9 Å². The van der Waals surface area contributed by atoms with Crippen molar-refractivity contribution in [3.63, 3.8) is 0 Å². The lowest BCUT2D eigenvalue weighted by molar-refractivity contribution is -0.275. The van der Waals surface area contributed by atoms with Crippen molar-refractivity contribution in [2.45, 2.75) is 91.3 Å². The number of esters is 3. The molecule has 0 saturated heterocycles. The van der Waals surface area contributed by atoms with Crippen molar-refractivity contribution in [2.75, 3.05) is 0 Å². The Labute approximate surface area is 205 Å². The number of Topliss-reactive ketones (excluding diaryl/α,β-unsaturated/α-hetero) is 1. The standard InChI is InChI=1S/C26H36O9/c1-11-15-8-16(33-12(2)27)20-25(7)18(34-13(3)28)9-17(30)24(5,6)21(25)19(31)22(32)26(20,10-15)23(11)35-14(4)29/h15-18,20-23,30,32H,1,8-10H2,2-7H3/t15-,16+,17+,18+,20+,21-,22+,23-,25+,26-/m1/s1. The fraction of sp³-hybridized carbons (Fsp3) is 0.769. The second kappa shape index (κ2) is 8.13. The molecule has 1 spiro atoms. The minimum absolute atomic E-state index is 0.0743. The molecule has 0 aromatic carbocycles. The molecule has 2 bridgehead atoms. The van der Waals surface area contributed by atoms with Crippen LogP contribution in [0.3, 0.4) is 0 Å². The van der Waals surface area contributed by atoms with Crippen molar-refractivity contribution >= 4 is 23.7 Å². The SMILES string of the molecule is C=C1[C@@H]2C[C@H](OC(C)=O)[C@H]3[C@]4(C)[C@@H](OC(C)=O)C[C@H](O)C(C)(C)[C@H]4C(=O)[C@H](O)[C@]3(C2)[C@@H]1OC(C)=O. The number of ether oxygens (including phenoxy) is 3. The number of carbonyl (C=O) groups excluding carboxylic acids is 4. The fourth-order valence-corrected chi connectivity index (χ4v) is 8.39. The summed E-state index contributed by atoms with van der Waals surface area (Å²) in [7, 11) is 0.